The maximum atomic E-state index is 11.5. The van der Waals surface area contributed by atoms with Crippen LogP contribution >= 0.6 is 11.3 Å². The maximum Gasteiger partial charge on any atom is 0.345 e. The number of fused-ring (bicyclic) bond motifs is 1. The summed E-state index contributed by atoms with van der Waals surface area (Å²) in [4.78, 5) is 31.4. The molecule has 0 saturated heterocycles. The number of aromatic nitrogens is 4. The zero-order valence-corrected chi connectivity index (χ0v) is 18.4. The second-order valence-electron chi connectivity index (χ2n) is 7.67. The van der Waals surface area contributed by atoms with Crippen LogP contribution in [0, 0.1) is 6.92 Å². The van der Waals surface area contributed by atoms with Gasteiger partial charge < -0.3 is 20.0 Å². The number of carbonyl (C=O) groups excluding carboxylic acids is 1. The molecule has 0 aliphatic rings. The normalized spacial score (nSPS) is 11.2. The smallest absolute Gasteiger partial charge is 0.345 e. The van der Waals surface area contributed by atoms with Crippen molar-refractivity contribution in [3.05, 3.63) is 89.1 Å². The van der Waals surface area contributed by atoms with Gasteiger partial charge in [-0.15, -0.1) is 11.3 Å². The summed E-state index contributed by atoms with van der Waals surface area (Å²) in [5, 5.41) is 9.46. The van der Waals surface area contributed by atoms with Crippen LogP contribution in [0.2, 0.25) is 0 Å². The number of nitrogens with two attached hydrogens (primary N) is 1. The van der Waals surface area contributed by atoms with Gasteiger partial charge >= 0.3 is 5.97 Å². The van der Waals surface area contributed by atoms with E-state index in [1.165, 1.54) is 11.3 Å². The van der Waals surface area contributed by atoms with Crippen LogP contribution in [0.5, 0.6) is 0 Å². The van der Waals surface area contributed by atoms with E-state index < -0.39 is 11.9 Å². The Kier molecular flexibility index (Phi) is 5.02. The van der Waals surface area contributed by atoms with E-state index in [2.05, 4.69) is 26.7 Å². The van der Waals surface area contributed by atoms with Crippen molar-refractivity contribution in [1.29, 1.82) is 0 Å². The van der Waals surface area contributed by atoms with Crippen molar-refractivity contribution in [2.24, 2.45) is 5.73 Å². The van der Waals surface area contributed by atoms with E-state index in [1.807, 2.05) is 35.9 Å². The molecule has 0 spiro atoms. The lowest BCUT2D eigenvalue weighted by Gasteiger charge is -2.14. The van der Waals surface area contributed by atoms with Gasteiger partial charge in [0.05, 0.1) is 22.2 Å². The second kappa shape index (κ2) is 8.03. The number of amides is 1. The molecule has 0 unspecified atom stereocenters. The van der Waals surface area contributed by atoms with Gasteiger partial charge in [-0.05, 0) is 48.4 Å². The monoisotopic (exact) mass is 457 g/mol. The average molecular weight is 458 g/mol. The molecular formula is C24H19N5O3S. The molecule has 0 aliphatic carbocycles. The second-order valence-corrected chi connectivity index (χ2v) is 8.75. The number of carbonyl (C=O) groups is 2. The molecule has 0 bridgehead atoms. The lowest BCUT2D eigenvalue weighted by atomic mass is 10.0. The van der Waals surface area contributed by atoms with Gasteiger partial charge in [-0.3, -0.25) is 9.78 Å². The lowest BCUT2D eigenvalue weighted by Crippen LogP contribution is -2.13. The molecule has 1 aromatic carbocycles. The fourth-order valence-electron chi connectivity index (χ4n) is 3.89. The number of carboxylic acid groups (broad SMARTS) is 1. The van der Waals surface area contributed by atoms with Gasteiger partial charge in [-0.1, -0.05) is 12.1 Å². The summed E-state index contributed by atoms with van der Waals surface area (Å²) in [6.45, 7) is 2.51. The molecule has 5 aromatic rings. The van der Waals surface area contributed by atoms with Crippen LogP contribution in [0.3, 0.4) is 0 Å². The minimum atomic E-state index is -0.947. The van der Waals surface area contributed by atoms with Gasteiger partial charge in [-0.25, -0.2) is 9.78 Å². The Bertz CT molecular complexity index is 1500. The molecule has 5 rings (SSSR count). The van der Waals surface area contributed by atoms with E-state index in [0.717, 1.165) is 38.3 Å². The number of aromatic carboxylic acids is 1. The first-order valence-electron chi connectivity index (χ1n) is 10.1. The van der Waals surface area contributed by atoms with E-state index >= 15 is 0 Å². The third-order valence-corrected chi connectivity index (χ3v) is 6.57. The molecular weight excluding hydrogens is 438 g/mol. The first kappa shape index (κ1) is 20.7. The molecule has 9 heteroatoms. The van der Waals surface area contributed by atoms with Gasteiger partial charge in [0.1, 0.15) is 10.6 Å². The van der Waals surface area contributed by atoms with Crippen LogP contribution in [0.4, 0.5) is 0 Å². The van der Waals surface area contributed by atoms with Crippen molar-refractivity contribution in [2.75, 3.05) is 0 Å². The van der Waals surface area contributed by atoms with E-state index in [4.69, 9.17) is 5.73 Å². The summed E-state index contributed by atoms with van der Waals surface area (Å²) in [6, 6.07) is 13.3. The molecule has 164 valence electrons. The lowest BCUT2D eigenvalue weighted by molar-refractivity contribution is 0.0702. The SMILES string of the molecule is Cc1cc(-n2ccnc2)ccc1-c1cc2sc(C(=O)O)cc2n1Cc1ccc(C(N)=O)nc1. The number of hydrogen-bond donors (Lipinski definition) is 2. The predicted molar refractivity (Wildman–Crippen MR) is 126 cm³/mol. The molecule has 4 aromatic heterocycles. The fraction of sp³-hybridized carbons (Fsp3) is 0.0833. The van der Waals surface area contributed by atoms with Gasteiger partial charge in [0, 0.05) is 36.4 Å². The van der Waals surface area contributed by atoms with Crippen LogP contribution in [-0.2, 0) is 6.54 Å². The van der Waals surface area contributed by atoms with Crippen molar-refractivity contribution in [3.8, 4) is 16.9 Å². The van der Waals surface area contributed by atoms with E-state index in [1.54, 1.807) is 30.9 Å². The third kappa shape index (κ3) is 3.79. The standard InChI is InChI=1S/C24H19N5O3S/c1-14-8-16(28-7-6-26-13-28)3-4-17(14)19-9-21-20(10-22(33-21)24(31)32)29(19)12-15-2-5-18(23(25)30)27-11-15/h2-11,13H,12H2,1H3,(H2,25,30)(H,31,32). The van der Waals surface area contributed by atoms with E-state index in [0.29, 0.717) is 6.54 Å². The van der Waals surface area contributed by atoms with Gasteiger partial charge in [0.25, 0.3) is 5.91 Å². The van der Waals surface area contributed by atoms with Gasteiger partial charge in [0.2, 0.25) is 0 Å². The largest absolute Gasteiger partial charge is 0.477 e. The molecule has 0 radical (unpaired) electrons. The number of rotatable bonds is 6. The number of imidazole rings is 1. The highest BCUT2D eigenvalue weighted by atomic mass is 32.1. The number of thiophene rings is 1. The Morgan fingerprint density at radius 2 is 2.00 bits per heavy atom. The average Bonchev–Trinajstić information content (AvgIpc) is 3.52. The summed E-state index contributed by atoms with van der Waals surface area (Å²) in [7, 11) is 0. The molecule has 0 fully saturated rings. The van der Waals surface area contributed by atoms with Crippen LogP contribution in [0.25, 0.3) is 27.2 Å². The number of carboxylic acids is 1. The Labute approximate surface area is 192 Å². The van der Waals surface area contributed by atoms with Crippen LogP contribution in [0.15, 0.2) is 67.4 Å². The molecule has 0 aliphatic heterocycles. The van der Waals surface area contributed by atoms with Crippen molar-refractivity contribution in [2.45, 2.75) is 13.5 Å². The van der Waals surface area contributed by atoms with Crippen LogP contribution in [-0.4, -0.2) is 36.1 Å². The van der Waals surface area contributed by atoms with Gasteiger partial charge in [-0.2, -0.15) is 0 Å². The first-order valence-corrected chi connectivity index (χ1v) is 10.9. The highest BCUT2D eigenvalue weighted by Crippen LogP contribution is 2.36. The predicted octanol–water partition coefficient (Wildman–Crippen LogP) is 4.10. The molecule has 1 amide bonds. The Hall–Kier alpha value is -4.24. The highest BCUT2D eigenvalue weighted by molar-refractivity contribution is 7.20. The van der Waals surface area contributed by atoms with Crippen molar-refractivity contribution >= 4 is 33.4 Å². The minimum absolute atomic E-state index is 0.200. The Morgan fingerprint density at radius 3 is 2.64 bits per heavy atom. The minimum Gasteiger partial charge on any atom is -0.477 e. The van der Waals surface area contributed by atoms with Crippen LogP contribution in [0.1, 0.15) is 31.3 Å². The quantitative estimate of drug-likeness (QED) is 0.398. The van der Waals surface area contributed by atoms with E-state index in [-0.39, 0.29) is 10.6 Å². The number of pyridine rings is 1. The van der Waals surface area contributed by atoms with E-state index in [9.17, 15) is 14.7 Å². The van der Waals surface area contributed by atoms with Crippen molar-refractivity contribution in [1.82, 2.24) is 19.1 Å². The van der Waals surface area contributed by atoms with Crippen molar-refractivity contribution in [3.63, 3.8) is 0 Å². The molecule has 0 saturated carbocycles. The Morgan fingerprint density at radius 1 is 1.15 bits per heavy atom. The summed E-state index contributed by atoms with van der Waals surface area (Å²) in [5.41, 5.74) is 11.3. The topological polar surface area (TPSA) is 116 Å². The zero-order valence-electron chi connectivity index (χ0n) is 17.6. The Balaban J connectivity index is 1.62. The molecule has 8 nitrogen and oxygen atoms in total. The van der Waals surface area contributed by atoms with Gasteiger partial charge in [0.15, 0.2) is 0 Å². The zero-order chi connectivity index (χ0) is 23.1. The first-order chi connectivity index (χ1) is 15.9. The van der Waals surface area contributed by atoms with Crippen molar-refractivity contribution < 1.29 is 14.7 Å². The molecule has 4 heterocycles. The number of benzene rings is 1. The number of nitrogens with zero attached hydrogens (tertiary/aromatic N) is 4. The highest BCUT2D eigenvalue weighted by Gasteiger charge is 2.18. The summed E-state index contributed by atoms with van der Waals surface area (Å²) >= 11 is 1.25. The number of hydrogen-bond acceptors (Lipinski definition) is 5. The summed E-state index contributed by atoms with van der Waals surface area (Å²) in [5.74, 6) is -1.53. The maximum absolute atomic E-state index is 11.5. The number of aryl methyl sites for hydroxylation is 1. The molecule has 33 heavy (non-hydrogen) atoms. The summed E-state index contributed by atoms with van der Waals surface area (Å²) in [6.07, 6.45) is 7.00. The molecule has 0 atom stereocenters. The molecule has 3 N–H and O–H groups in total. The third-order valence-electron chi connectivity index (χ3n) is 5.51. The fourth-order valence-corrected chi connectivity index (χ4v) is 4.83. The number of primary amides is 1. The van der Waals surface area contributed by atoms with Crippen LogP contribution < -0.4 is 5.73 Å². The summed E-state index contributed by atoms with van der Waals surface area (Å²) < 4.78 is 4.92.